The molecule has 5 nitrogen and oxygen atoms in total. The van der Waals surface area contributed by atoms with Gasteiger partial charge in [0, 0.05) is 23.8 Å². The van der Waals surface area contributed by atoms with E-state index in [1.807, 2.05) is 6.92 Å². The molecule has 1 amide bonds. The molecule has 2 aliphatic rings. The Bertz CT molecular complexity index is 740. The Labute approximate surface area is 160 Å². The van der Waals surface area contributed by atoms with Crippen molar-refractivity contribution in [2.24, 2.45) is 23.2 Å². The predicted molar refractivity (Wildman–Crippen MR) is 105 cm³/mol. The molecule has 1 aromatic rings. The van der Waals surface area contributed by atoms with Crippen LogP contribution in [0, 0.1) is 35.5 Å². The fraction of sp³-hybridized carbons (Fsp3) is 0.700. The first-order valence-corrected chi connectivity index (χ1v) is 10.1. The standard InChI is InChI=1S/C20H29N3O2S/c1-6-9-23(5)18(25)11(2)13-7-8-20(4)10-14-16(22-19(21)26-14)12(3)15(20)17(13)24/h1,11-13,15,17,24H,7-10H2,2-5H3,(H2,21,22)/t11-,12-,13+,15+,17-,20-/m0/s1. The summed E-state index contributed by atoms with van der Waals surface area (Å²) >= 11 is 1.58. The highest BCUT2D eigenvalue weighted by atomic mass is 32.1. The molecular weight excluding hydrogens is 346 g/mol. The summed E-state index contributed by atoms with van der Waals surface area (Å²) in [5.41, 5.74) is 7.01. The van der Waals surface area contributed by atoms with Gasteiger partial charge in [0.2, 0.25) is 5.91 Å². The Morgan fingerprint density at radius 3 is 2.96 bits per heavy atom. The summed E-state index contributed by atoms with van der Waals surface area (Å²) in [6.07, 6.45) is 7.56. The quantitative estimate of drug-likeness (QED) is 0.796. The van der Waals surface area contributed by atoms with E-state index in [1.165, 1.54) is 4.88 Å². The molecule has 0 aliphatic heterocycles. The zero-order valence-corrected chi connectivity index (χ0v) is 16.8. The Balaban J connectivity index is 1.86. The van der Waals surface area contributed by atoms with Crippen molar-refractivity contribution in [1.82, 2.24) is 9.88 Å². The van der Waals surface area contributed by atoms with Crippen molar-refractivity contribution in [2.45, 2.75) is 52.1 Å². The number of carbonyl (C=O) groups excluding carboxylic acids is 1. The van der Waals surface area contributed by atoms with Gasteiger partial charge >= 0.3 is 0 Å². The number of terminal acetylenes is 1. The number of nitrogens with zero attached hydrogens (tertiary/aromatic N) is 2. The molecule has 1 aromatic heterocycles. The van der Waals surface area contributed by atoms with Crippen LogP contribution < -0.4 is 5.73 Å². The van der Waals surface area contributed by atoms with Gasteiger partial charge in [-0.05, 0) is 36.5 Å². The molecule has 142 valence electrons. The second-order valence-electron chi connectivity index (χ2n) is 8.39. The molecule has 1 saturated carbocycles. The highest BCUT2D eigenvalue weighted by Gasteiger charge is 2.53. The SMILES string of the molecule is C#CCN(C)C(=O)[C@@H](C)[C@H]1CC[C@@]2(C)Cc3sc(N)nc3[C@@H](C)[C@@H]2[C@H]1O. The number of anilines is 1. The number of nitrogen functional groups attached to an aromatic ring is 1. The molecule has 2 aliphatic carbocycles. The van der Waals surface area contributed by atoms with E-state index >= 15 is 0 Å². The number of rotatable bonds is 3. The van der Waals surface area contributed by atoms with Crippen molar-refractivity contribution in [1.29, 1.82) is 0 Å². The van der Waals surface area contributed by atoms with Gasteiger partial charge < -0.3 is 15.7 Å². The summed E-state index contributed by atoms with van der Waals surface area (Å²) in [4.78, 5) is 20.1. The lowest BCUT2D eigenvalue weighted by atomic mass is 9.53. The van der Waals surface area contributed by atoms with Gasteiger partial charge in [-0.1, -0.05) is 26.7 Å². The summed E-state index contributed by atoms with van der Waals surface area (Å²) in [6, 6.07) is 0. The van der Waals surface area contributed by atoms with Gasteiger partial charge in [0.05, 0.1) is 18.3 Å². The molecule has 1 fully saturated rings. The Morgan fingerprint density at radius 1 is 1.62 bits per heavy atom. The molecule has 0 radical (unpaired) electrons. The van der Waals surface area contributed by atoms with Crippen LogP contribution in [0.25, 0.3) is 0 Å². The minimum atomic E-state index is -0.530. The summed E-state index contributed by atoms with van der Waals surface area (Å²) < 4.78 is 0. The second kappa shape index (κ2) is 6.86. The van der Waals surface area contributed by atoms with Gasteiger partial charge in [0.15, 0.2) is 5.13 Å². The van der Waals surface area contributed by atoms with Crippen molar-refractivity contribution < 1.29 is 9.90 Å². The minimum absolute atomic E-state index is 0.0117. The number of hydrogen-bond donors (Lipinski definition) is 2. The van der Waals surface area contributed by atoms with E-state index in [0.717, 1.165) is 25.0 Å². The molecule has 0 spiro atoms. The molecule has 26 heavy (non-hydrogen) atoms. The van der Waals surface area contributed by atoms with Crippen molar-refractivity contribution in [3.8, 4) is 12.3 Å². The Kier molecular flexibility index (Phi) is 5.06. The average Bonchev–Trinajstić information content (AvgIpc) is 2.93. The van der Waals surface area contributed by atoms with Gasteiger partial charge in [-0.25, -0.2) is 4.98 Å². The maximum atomic E-state index is 12.7. The summed E-state index contributed by atoms with van der Waals surface area (Å²) in [6.45, 7) is 6.63. The number of fused-ring (bicyclic) bond motifs is 2. The van der Waals surface area contributed by atoms with Crippen LogP contribution in [-0.4, -0.2) is 40.6 Å². The molecule has 3 N–H and O–H groups in total. The van der Waals surface area contributed by atoms with Crippen LogP contribution in [0.5, 0.6) is 0 Å². The molecule has 0 aromatic carbocycles. The van der Waals surface area contributed by atoms with E-state index in [-0.39, 0.29) is 35.0 Å². The van der Waals surface area contributed by atoms with Gasteiger partial charge in [-0.15, -0.1) is 17.8 Å². The first-order valence-electron chi connectivity index (χ1n) is 9.31. The van der Waals surface area contributed by atoms with E-state index in [0.29, 0.717) is 11.7 Å². The molecular formula is C20H29N3O2S. The fourth-order valence-electron chi connectivity index (χ4n) is 5.31. The third-order valence-electron chi connectivity index (χ3n) is 6.68. The van der Waals surface area contributed by atoms with Crippen molar-refractivity contribution in [3.63, 3.8) is 0 Å². The largest absolute Gasteiger partial charge is 0.392 e. The number of hydrogen-bond acceptors (Lipinski definition) is 5. The lowest BCUT2D eigenvalue weighted by Crippen LogP contribution is -2.53. The monoisotopic (exact) mass is 375 g/mol. The number of thiazole rings is 1. The normalized spacial score (nSPS) is 34.3. The average molecular weight is 376 g/mol. The summed E-state index contributed by atoms with van der Waals surface area (Å²) in [7, 11) is 1.73. The van der Waals surface area contributed by atoms with Gasteiger partial charge in [-0.3, -0.25) is 4.79 Å². The number of aliphatic hydroxyl groups excluding tert-OH is 1. The van der Waals surface area contributed by atoms with Crippen LogP contribution >= 0.6 is 11.3 Å². The molecule has 0 saturated heterocycles. The number of aromatic nitrogens is 1. The Morgan fingerprint density at radius 2 is 2.31 bits per heavy atom. The molecule has 6 atom stereocenters. The molecule has 1 heterocycles. The van der Waals surface area contributed by atoms with E-state index in [9.17, 15) is 9.90 Å². The van der Waals surface area contributed by atoms with E-state index < -0.39 is 6.10 Å². The van der Waals surface area contributed by atoms with Crippen molar-refractivity contribution in [3.05, 3.63) is 10.6 Å². The van der Waals surface area contributed by atoms with Crippen molar-refractivity contribution >= 4 is 22.4 Å². The fourth-order valence-corrected chi connectivity index (χ4v) is 6.45. The van der Waals surface area contributed by atoms with Gasteiger partial charge in [0.25, 0.3) is 0 Å². The highest BCUT2D eigenvalue weighted by molar-refractivity contribution is 7.15. The van der Waals surface area contributed by atoms with Crippen LogP contribution in [0.4, 0.5) is 5.13 Å². The smallest absolute Gasteiger partial charge is 0.226 e. The topological polar surface area (TPSA) is 79.5 Å². The molecule has 0 unspecified atom stereocenters. The number of aliphatic hydroxyl groups is 1. The maximum absolute atomic E-state index is 12.7. The molecule has 6 heteroatoms. The molecule has 3 rings (SSSR count). The zero-order chi connectivity index (χ0) is 19.2. The zero-order valence-electron chi connectivity index (χ0n) is 16.0. The van der Waals surface area contributed by atoms with Gasteiger partial charge in [0.1, 0.15) is 0 Å². The highest BCUT2D eigenvalue weighted by Crippen LogP contribution is 2.57. The first-order chi connectivity index (χ1) is 12.2. The van der Waals surface area contributed by atoms with Crippen LogP contribution in [-0.2, 0) is 11.2 Å². The van der Waals surface area contributed by atoms with Crippen LogP contribution in [0.3, 0.4) is 0 Å². The third-order valence-corrected chi connectivity index (χ3v) is 7.58. The van der Waals surface area contributed by atoms with Crippen molar-refractivity contribution in [2.75, 3.05) is 19.3 Å². The molecule has 0 bridgehead atoms. The van der Waals surface area contributed by atoms with Crippen LogP contribution in [0.1, 0.15) is 50.1 Å². The maximum Gasteiger partial charge on any atom is 0.226 e. The second-order valence-corrected chi connectivity index (χ2v) is 9.50. The van der Waals surface area contributed by atoms with E-state index in [4.69, 9.17) is 12.2 Å². The lowest BCUT2D eigenvalue weighted by Gasteiger charge is -2.53. The number of carbonyl (C=O) groups is 1. The first kappa shape index (κ1) is 19.2. The van der Waals surface area contributed by atoms with Crippen LogP contribution in [0.15, 0.2) is 0 Å². The lowest BCUT2D eigenvalue weighted by molar-refractivity contribution is -0.142. The minimum Gasteiger partial charge on any atom is -0.392 e. The predicted octanol–water partition coefficient (Wildman–Crippen LogP) is 2.51. The number of nitrogens with two attached hydrogens (primary N) is 1. The van der Waals surface area contributed by atoms with Gasteiger partial charge in [-0.2, -0.15) is 0 Å². The summed E-state index contributed by atoms with van der Waals surface area (Å²) in [5, 5.41) is 11.9. The van der Waals surface area contributed by atoms with Crippen LogP contribution in [0.2, 0.25) is 0 Å². The van der Waals surface area contributed by atoms with E-state index in [1.54, 1.807) is 23.3 Å². The number of amides is 1. The third kappa shape index (κ3) is 3.01. The summed E-state index contributed by atoms with van der Waals surface area (Å²) in [5.74, 6) is 2.45. The van der Waals surface area contributed by atoms with E-state index in [2.05, 4.69) is 24.8 Å². The Hall–Kier alpha value is -1.58.